The third-order valence-corrected chi connectivity index (χ3v) is 3.92. The van der Waals surface area contributed by atoms with Crippen molar-refractivity contribution in [2.24, 2.45) is 5.10 Å². The Morgan fingerprint density at radius 1 is 0.913 bits per heavy atom. The zero-order valence-electron chi connectivity index (χ0n) is 13.2. The molecule has 3 nitrogen and oxygen atoms in total. The zero-order chi connectivity index (χ0) is 16.2. The average molecular weight is 302 g/mol. The highest BCUT2D eigenvalue weighted by molar-refractivity contribution is 6.08. The van der Waals surface area contributed by atoms with Crippen LogP contribution in [0.15, 0.2) is 65.8 Å². The Morgan fingerprint density at radius 3 is 2.48 bits per heavy atom. The molecule has 0 radical (unpaired) electrons. The fourth-order valence-electron chi connectivity index (χ4n) is 2.63. The minimum Gasteiger partial charge on any atom is -0.267 e. The third kappa shape index (κ3) is 3.14. The number of nitrogens with zero attached hydrogens (tertiary/aromatic N) is 1. The lowest BCUT2D eigenvalue weighted by atomic mass is 9.99. The highest BCUT2D eigenvalue weighted by Gasteiger charge is 2.12. The van der Waals surface area contributed by atoms with Gasteiger partial charge in [-0.2, -0.15) is 5.10 Å². The minimum atomic E-state index is -0.191. The molecule has 0 aliphatic rings. The molecular weight excluding hydrogens is 284 g/mol. The molecule has 0 saturated carbocycles. The van der Waals surface area contributed by atoms with Crippen molar-refractivity contribution >= 4 is 22.9 Å². The monoisotopic (exact) mass is 302 g/mol. The van der Waals surface area contributed by atoms with E-state index in [9.17, 15) is 4.79 Å². The van der Waals surface area contributed by atoms with E-state index in [2.05, 4.69) is 10.5 Å². The molecule has 3 heteroatoms. The first-order chi connectivity index (χ1) is 11.2. The molecule has 0 aromatic heterocycles. The van der Waals surface area contributed by atoms with Crippen molar-refractivity contribution in [3.63, 3.8) is 0 Å². The predicted molar refractivity (Wildman–Crippen MR) is 94.9 cm³/mol. The Labute approximate surface area is 135 Å². The summed E-state index contributed by atoms with van der Waals surface area (Å²) in [5, 5.41) is 6.09. The van der Waals surface area contributed by atoms with E-state index in [0.717, 1.165) is 27.5 Å². The largest absolute Gasteiger partial charge is 0.272 e. The van der Waals surface area contributed by atoms with E-state index in [4.69, 9.17) is 0 Å². The smallest absolute Gasteiger partial charge is 0.267 e. The molecular formula is C20H18N2O. The highest BCUT2D eigenvalue weighted by Crippen LogP contribution is 2.22. The van der Waals surface area contributed by atoms with Gasteiger partial charge in [-0.15, -0.1) is 0 Å². The summed E-state index contributed by atoms with van der Waals surface area (Å²) in [6.07, 6.45) is 1.67. The van der Waals surface area contributed by atoms with Crippen LogP contribution in [0.1, 0.15) is 27.0 Å². The number of fused-ring (bicyclic) bond motifs is 1. The number of nitrogens with one attached hydrogen (secondary N) is 1. The Kier molecular flexibility index (Phi) is 4.20. The molecule has 0 unspecified atom stereocenters. The van der Waals surface area contributed by atoms with Gasteiger partial charge in [0.15, 0.2) is 0 Å². The van der Waals surface area contributed by atoms with Gasteiger partial charge in [0, 0.05) is 0 Å². The first-order valence-electron chi connectivity index (χ1n) is 7.54. The van der Waals surface area contributed by atoms with Crippen molar-refractivity contribution in [3.05, 3.63) is 82.9 Å². The maximum atomic E-state index is 12.5. The number of carbonyl (C=O) groups excluding carboxylic acids is 1. The molecule has 3 aromatic carbocycles. The first kappa shape index (κ1) is 15.0. The predicted octanol–water partition coefficient (Wildman–Crippen LogP) is 4.22. The van der Waals surface area contributed by atoms with Gasteiger partial charge in [0.05, 0.1) is 11.8 Å². The van der Waals surface area contributed by atoms with Crippen LogP contribution in [-0.4, -0.2) is 12.1 Å². The Morgan fingerprint density at radius 2 is 1.65 bits per heavy atom. The Hall–Kier alpha value is -2.94. The molecule has 0 aliphatic heterocycles. The second kappa shape index (κ2) is 6.44. The van der Waals surface area contributed by atoms with Crippen LogP contribution in [0.5, 0.6) is 0 Å². The minimum absolute atomic E-state index is 0.191. The zero-order valence-corrected chi connectivity index (χ0v) is 13.2. The molecule has 0 aliphatic carbocycles. The van der Waals surface area contributed by atoms with E-state index >= 15 is 0 Å². The topological polar surface area (TPSA) is 41.5 Å². The Bertz CT molecular complexity index is 897. The number of hydrogen-bond donors (Lipinski definition) is 1. The van der Waals surface area contributed by atoms with Gasteiger partial charge in [0.25, 0.3) is 5.91 Å². The van der Waals surface area contributed by atoms with Crippen molar-refractivity contribution in [2.45, 2.75) is 13.8 Å². The van der Waals surface area contributed by atoms with Gasteiger partial charge in [-0.3, -0.25) is 4.79 Å². The van der Waals surface area contributed by atoms with Crippen LogP contribution in [-0.2, 0) is 0 Å². The van der Waals surface area contributed by atoms with E-state index in [1.165, 1.54) is 0 Å². The van der Waals surface area contributed by atoms with Crippen molar-refractivity contribution in [2.75, 3.05) is 0 Å². The number of benzene rings is 3. The highest BCUT2D eigenvalue weighted by atomic mass is 16.2. The van der Waals surface area contributed by atoms with Gasteiger partial charge in [-0.25, -0.2) is 5.43 Å². The van der Waals surface area contributed by atoms with Crippen LogP contribution < -0.4 is 5.43 Å². The molecule has 23 heavy (non-hydrogen) atoms. The second-order valence-electron chi connectivity index (χ2n) is 5.53. The summed E-state index contributed by atoms with van der Waals surface area (Å²) in [4.78, 5) is 12.5. The summed E-state index contributed by atoms with van der Waals surface area (Å²) >= 11 is 0. The Balaban J connectivity index is 1.87. The molecule has 114 valence electrons. The SMILES string of the molecule is Cc1ccccc1/C=N\NC(=O)c1c(C)ccc2ccccc12. The molecule has 0 fully saturated rings. The van der Waals surface area contributed by atoms with Crippen molar-refractivity contribution in [1.29, 1.82) is 0 Å². The first-order valence-corrected chi connectivity index (χ1v) is 7.54. The fourth-order valence-corrected chi connectivity index (χ4v) is 2.63. The van der Waals surface area contributed by atoms with Crippen LogP contribution >= 0.6 is 0 Å². The molecule has 0 saturated heterocycles. The summed E-state index contributed by atoms with van der Waals surface area (Å²) in [7, 11) is 0. The van der Waals surface area contributed by atoms with E-state index in [1.54, 1.807) is 6.21 Å². The van der Waals surface area contributed by atoms with Crippen LogP contribution in [0.25, 0.3) is 10.8 Å². The summed E-state index contributed by atoms with van der Waals surface area (Å²) in [6, 6.07) is 19.8. The van der Waals surface area contributed by atoms with Crippen LogP contribution in [0.4, 0.5) is 0 Å². The van der Waals surface area contributed by atoms with Gasteiger partial charge in [0.2, 0.25) is 0 Å². The van der Waals surface area contributed by atoms with E-state index in [1.807, 2.05) is 74.5 Å². The number of rotatable bonds is 3. The van der Waals surface area contributed by atoms with Gasteiger partial charge >= 0.3 is 0 Å². The maximum absolute atomic E-state index is 12.5. The molecule has 0 atom stereocenters. The maximum Gasteiger partial charge on any atom is 0.272 e. The van der Waals surface area contributed by atoms with Crippen LogP contribution in [0.3, 0.4) is 0 Å². The van der Waals surface area contributed by atoms with Gasteiger partial charge in [-0.05, 0) is 41.3 Å². The number of hydrazone groups is 1. The van der Waals surface area contributed by atoms with E-state index in [0.29, 0.717) is 5.56 Å². The lowest BCUT2D eigenvalue weighted by Crippen LogP contribution is -2.19. The molecule has 3 aromatic rings. The normalized spacial score (nSPS) is 11.0. The quantitative estimate of drug-likeness (QED) is 0.571. The van der Waals surface area contributed by atoms with E-state index < -0.39 is 0 Å². The second-order valence-corrected chi connectivity index (χ2v) is 5.53. The van der Waals surface area contributed by atoms with Crippen molar-refractivity contribution in [3.8, 4) is 0 Å². The lowest BCUT2D eigenvalue weighted by Gasteiger charge is -2.08. The number of carbonyl (C=O) groups is 1. The number of hydrogen-bond acceptors (Lipinski definition) is 2. The molecule has 1 amide bonds. The number of aryl methyl sites for hydroxylation is 2. The van der Waals surface area contributed by atoms with Crippen LogP contribution in [0, 0.1) is 13.8 Å². The summed E-state index contributed by atoms with van der Waals surface area (Å²) in [5.41, 5.74) is 6.35. The molecule has 3 rings (SSSR count). The molecule has 0 spiro atoms. The fraction of sp³-hybridized carbons (Fsp3) is 0.100. The number of amides is 1. The van der Waals surface area contributed by atoms with Crippen molar-refractivity contribution < 1.29 is 4.79 Å². The molecule has 0 bridgehead atoms. The lowest BCUT2D eigenvalue weighted by molar-refractivity contribution is 0.0956. The van der Waals surface area contributed by atoms with E-state index in [-0.39, 0.29) is 5.91 Å². The van der Waals surface area contributed by atoms with Crippen LogP contribution in [0.2, 0.25) is 0 Å². The summed E-state index contributed by atoms with van der Waals surface area (Å²) in [5.74, 6) is -0.191. The van der Waals surface area contributed by atoms with Crippen molar-refractivity contribution in [1.82, 2.24) is 5.43 Å². The van der Waals surface area contributed by atoms with Gasteiger partial charge in [-0.1, -0.05) is 60.7 Å². The summed E-state index contributed by atoms with van der Waals surface area (Å²) in [6.45, 7) is 3.95. The molecule has 1 N–H and O–H groups in total. The standard InChI is InChI=1S/C20H18N2O/c1-14-7-3-4-9-17(14)13-21-22-20(23)19-15(2)11-12-16-8-5-6-10-18(16)19/h3-13H,1-2H3,(H,22,23)/b21-13-. The molecule has 0 heterocycles. The third-order valence-electron chi connectivity index (χ3n) is 3.92. The summed E-state index contributed by atoms with van der Waals surface area (Å²) < 4.78 is 0. The average Bonchev–Trinajstić information content (AvgIpc) is 2.56. The van der Waals surface area contributed by atoms with Gasteiger partial charge < -0.3 is 0 Å². The van der Waals surface area contributed by atoms with Gasteiger partial charge in [0.1, 0.15) is 0 Å².